The molecule has 0 bridgehead atoms. The molecule has 0 fully saturated rings. The first-order chi connectivity index (χ1) is 9.27. The maximum Gasteiger partial charge on any atom is 0.338 e. The Bertz CT molecular complexity index is 469. The zero-order valence-corrected chi connectivity index (χ0v) is 11.7. The highest BCUT2D eigenvalue weighted by Crippen LogP contribution is 2.09. The Morgan fingerprint density at radius 3 is 1.74 bits per heavy atom. The zero-order chi connectivity index (χ0) is 13.5. The smallest absolute Gasteiger partial charge is 0.338 e. The Hall–Kier alpha value is -1.66. The maximum atomic E-state index is 11.5. The highest BCUT2D eigenvalue weighted by atomic mass is 32.1. The summed E-state index contributed by atoms with van der Waals surface area (Å²) >= 11 is 2.89. The second-order valence-corrected chi connectivity index (χ2v) is 5.21. The molecule has 100 valence electrons. The largest absolute Gasteiger partial charge is 0.462 e. The number of ether oxygens (including phenoxy) is 2. The third-order valence-electron chi connectivity index (χ3n) is 2.27. The van der Waals surface area contributed by atoms with Crippen LogP contribution < -0.4 is 0 Å². The zero-order valence-electron chi connectivity index (χ0n) is 10.0. The molecule has 0 saturated carbocycles. The minimum atomic E-state index is -0.342. The fourth-order valence-corrected chi connectivity index (χ4v) is 2.57. The van der Waals surface area contributed by atoms with Crippen LogP contribution in [0.2, 0.25) is 0 Å². The summed E-state index contributed by atoms with van der Waals surface area (Å²) in [6, 6.07) is 3.42. The van der Waals surface area contributed by atoms with Crippen molar-refractivity contribution in [2.45, 2.75) is 6.42 Å². The second kappa shape index (κ2) is 7.06. The van der Waals surface area contributed by atoms with E-state index in [1.54, 1.807) is 22.9 Å². The van der Waals surface area contributed by atoms with Crippen molar-refractivity contribution in [3.63, 3.8) is 0 Å². The fraction of sp³-hybridized carbons (Fsp3) is 0.231. The lowest BCUT2D eigenvalue weighted by Crippen LogP contribution is -2.10. The summed E-state index contributed by atoms with van der Waals surface area (Å²) in [5.74, 6) is -0.684. The van der Waals surface area contributed by atoms with Gasteiger partial charge in [-0.2, -0.15) is 22.7 Å². The molecule has 2 heterocycles. The van der Waals surface area contributed by atoms with Crippen molar-refractivity contribution in [2.24, 2.45) is 0 Å². The lowest BCUT2D eigenvalue weighted by molar-refractivity contribution is 0.0396. The molecule has 2 aromatic heterocycles. The van der Waals surface area contributed by atoms with Gasteiger partial charge in [0.05, 0.1) is 24.3 Å². The van der Waals surface area contributed by atoms with E-state index in [0.717, 1.165) is 0 Å². The Labute approximate surface area is 118 Å². The second-order valence-electron chi connectivity index (χ2n) is 3.65. The molecule has 0 radical (unpaired) electrons. The van der Waals surface area contributed by atoms with E-state index in [0.29, 0.717) is 17.5 Å². The quantitative estimate of drug-likeness (QED) is 0.606. The van der Waals surface area contributed by atoms with Crippen molar-refractivity contribution < 1.29 is 19.1 Å². The molecule has 2 aromatic rings. The van der Waals surface area contributed by atoms with Gasteiger partial charge in [-0.15, -0.1) is 0 Å². The van der Waals surface area contributed by atoms with Gasteiger partial charge in [0.25, 0.3) is 0 Å². The van der Waals surface area contributed by atoms with Crippen LogP contribution in [-0.4, -0.2) is 25.2 Å². The van der Waals surface area contributed by atoms with Gasteiger partial charge < -0.3 is 9.47 Å². The molecule has 0 aliphatic rings. The minimum Gasteiger partial charge on any atom is -0.462 e. The van der Waals surface area contributed by atoms with E-state index in [9.17, 15) is 9.59 Å². The molecule has 0 amide bonds. The van der Waals surface area contributed by atoms with Crippen molar-refractivity contribution in [1.82, 2.24) is 0 Å². The number of thiophene rings is 2. The van der Waals surface area contributed by atoms with Crippen LogP contribution >= 0.6 is 22.7 Å². The van der Waals surface area contributed by atoms with E-state index in [1.807, 2.05) is 10.8 Å². The summed E-state index contributed by atoms with van der Waals surface area (Å²) in [5, 5.41) is 7.11. The summed E-state index contributed by atoms with van der Waals surface area (Å²) < 4.78 is 10.1. The van der Waals surface area contributed by atoms with E-state index in [2.05, 4.69) is 0 Å². The molecule has 0 N–H and O–H groups in total. The van der Waals surface area contributed by atoms with E-state index in [-0.39, 0.29) is 25.2 Å². The fourth-order valence-electron chi connectivity index (χ4n) is 1.32. The van der Waals surface area contributed by atoms with Gasteiger partial charge in [0.1, 0.15) is 0 Å². The number of hydrogen-bond donors (Lipinski definition) is 0. The van der Waals surface area contributed by atoms with Crippen LogP contribution in [0.4, 0.5) is 0 Å². The Morgan fingerprint density at radius 1 is 0.895 bits per heavy atom. The summed E-state index contributed by atoms with van der Waals surface area (Å²) in [4.78, 5) is 22.9. The highest BCUT2D eigenvalue weighted by Gasteiger charge is 2.08. The predicted molar refractivity (Wildman–Crippen MR) is 73.8 cm³/mol. The van der Waals surface area contributed by atoms with Crippen LogP contribution in [0, 0.1) is 0 Å². The molecule has 0 atom stereocenters. The number of esters is 2. The van der Waals surface area contributed by atoms with Gasteiger partial charge in [0, 0.05) is 17.2 Å². The first-order valence-electron chi connectivity index (χ1n) is 5.66. The lowest BCUT2D eigenvalue weighted by atomic mass is 10.3. The number of rotatable bonds is 6. The molecule has 0 spiro atoms. The first kappa shape index (κ1) is 13.8. The minimum absolute atomic E-state index is 0.242. The number of hydrogen-bond acceptors (Lipinski definition) is 6. The molecule has 6 heteroatoms. The van der Waals surface area contributed by atoms with Gasteiger partial charge in [0.2, 0.25) is 0 Å². The van der Waals surface area contributed by atoms with Crippen LogP contribution in [0.3, 0.4) is 0 Å². The van der Waals surface area contributed by atoms with Crippen LogP contribution in [-0.2, 0) is 9.47 Å². The van der Waals surface area contributed by atoms with Gasteiger partial charge in [-0.3, -0.25) is 0 Å². The molecule has 2 rings (SSSR count). The monoisotopic (exact) mass is 296 g/mol. The molecule has 0 unspecified atom stereocenters. The third kappa shape index (κ3) is 4.18. The molecule has 0 saturated heterocycles. The molecule has 0 aromatic carbocycles. The van der Waals surface area contributed by atoms with E-state index < -0.39 is 0 Å². The van der Waals surface area contributed by atoms with Crippen LogP contribution in [0.15, 0.2) is 33.7 Å². The van der Waals surface area contributed by atoms with E-state index >= 15 is 0 Å². The van der Waals surface area contributed by atoms with Crippen molar-refractivity contribution >= 4 is 34.6 Å². The van der Waals surface area contributed by atoms with Crippen molar-refractivity contribution in [3.05, 3.63) is 44.8 Å². The van der Waals surface area contributed by atoms with Crippen molar-refractivity contribution in [2.75, 3.05) is 13.2 Å². The average Bonchev–Trinajstić information content (AvgIpc) is 3.10. The van der Waals surface area contributed by atoms with Gasteiger partial charge in [-0.05, 0) is 22.9 Å². The predicted octanol–water partition coefficient (Wildman–Crippen LogP) is 3.21. The van der Waals surface area contributed by atoms with Crippen molar-refractivity contribution in [3.8, 4) is 0 Å². The Morgan fingerprint density at radius 2 is 1.37 bits per heavy atom. The van der Waals surface area contributed by atoms with Gasteiger partial charge in [-0.1, -0.05) is 0 Å². The molecular formula is C13H12O4S2. The van der Waals surface area contributed by atoms with Gasteiger partial charge >= 0.3 is 11.9 Å². The standard InChI is InChI=1S/C13H12O4S2/c14-12(10-2-6-18-8-10)16-4-1-5-17-13(15)11-3-7-19-9-11/h2-3,6-9H,1,4-5H2. The van der Waals surface area contributed by atoms with Crippen molar-refractivity contribution in [1.29, 1.82) is 0 Å². The van der Waals surface area contributed by atoms with Gasteiger partial charge in [0.15, 0.2) is 0 Å². The topological polar surface area (TPSA) is 52.6 Å². The first-order valence-corrected chi connectivity index (χ1v) is 7.54. The summed E-state index contributed by atoms with van der Waals surface area (Å²) in [5.41, 5.74) is 1.11. The number of carbonyl (C=O) groups is 2. The summed E-state index contributed by atoms with van der Waals surface area (Å²) in [7, 11) is 0. The third-order valence-corrected chi connectivity index (χ3v) is 3.64. The summed E-state index contributed by atoms with van der Waals surface area (Å²) in [6.45, 7) is 0.483. The maximum absolute atomic E-state index is 11.5. The normalized spacial score (nSPS) is 10.1. The highest BCUT2D eigenvalue weighted by molar-refractivity contribution is 7.08. The van der Waals surface area contributed by atoms with Crippen LogP contribution in [0.1, 0.15) is 27.1 Å². The van der Waals surface area contributed by atoms with E-state index in [1.165, 1.54) is 22.7 Å². The Kier molecular flexibility index (Phi) is 5.11. The molecule has 0 aliphatic carbocycles. The van der Waals surface area contributed by atoms with Crippen LogP contribution in [0.25, 0.3) is 0 Å². The van der Waals surface area contributed by atoms with Crippen LogP contribution in [0.5, 0.6) is 0 Å². The molecule has 0 aliphatic heterocycles. The van der Waals surface area contributed by atoms with Gasteiger partial charge in [-0.25, -0.2) is 9.59 Å². The average molecular weight is 296 g/mol. The van der Waals surface area contributed by atoms with E-state index in [4.69, 9.17) is 9.47 Å². The number of carbonyl (C=O) groups excluding carboxylic acids is 2. The Balaban J connectivity index is 1.60. The SMILES string of the molecule is O=C(OCCCOC(=O)c1ccsc1)c1ccsc1. The molecular weight excluding hydrogens is 284 g/mol. The molecule has 19 heavy (non-hydrogen) atoms. The lowest BCUT2D eigenvalue weighted by Gasteiger charge is -2.04. The summed E-state index contributed by atoms with van der Waals surface area (Å²) in [6.07, 6.45) is 0.492. The molecule has 4 nitrogen and oxygen atoms in total.